The second kappa shape index (κ2) is 7.00. The molecular formula is C11H20N4O. The van der Waals surface area contributed by atoms with E-state index in [1.807, 2.05) is 6.92 Å². The zero-order chi connectivity index (χ0) is 11.8. The lowest BCUT2D eigenvalue weighted by Gasteiger charge is -2.10. The number of nitrogens with zero attached hydrogens (tertiary/aromatic N) is 2. The summed E-state index contributed by atoms with van der Waals surface area (Å²) in [6, 6.07) is 1.79. The smallest absolute Gasteiger partial charge is 0.224 e. The fourth-order valence-corrected chi connectivity index (χ4v) is 1.15. The van der Waals surface area contributed by atoms with E-state index >= 15 is 0 Å². The molecule has 0 aromatic carbocycles. The van der Waals surface area contributed by atoms with Gasteiger partial charge in [-0.05, 0) is 18.9 Å². The van der Waals surface area contributed by atoms with Gasteiger partial charge in [-0.15, -0.1) is 0 Å². The van der Waals surface area contributed by atoms with E-state index in [-0.39, 0.29) is 6.10 Å². The Bertz CT molecular complexity index is 306. The molecule has 1 unspecified atom stereocenters. The molecule has 0 spiro atoms. The summed E-state index contributed by atoms with van der Waals surface area (Å²) in [7, 11) is 0. The molecule has 1 aromatic rings. The maximum Gasteiger partial charge on any atom is 0.224 e. The van der Waals surface area contributed by atoms with Crippen LogP contribution in [0.15, 0.2) is 12.3 Å². The minimum absolute atomic E-state index is 0.331. The van der Waals surface area contributed by atoms with Crippen LogP contribution in [0.2, 0.25) is 0 Å². The highest BCUT2D eigenvalue weighted by molar-refractivity contribution is 5.39. The van der Waals surface area contributed by atoms with Gasteiger partial charge >= 0.3 is 0 Å². The van der Waals surface area contributed by atoms with E-state index in [1.165, 1.54) is 0 Å². The lowest BCUT2D eigenvalue weighted by molar-refractivity contribution is 0.183. The van der Waals surface area contributed by atoms with Crippen LogP contribution in [0.25, 0.3) is 0 Å². The summed E-state index contributed by atoms with van der Waals surface area (Å²) in [5.74, 6) is 1.36. The fraction of sp³-hybridized carbons (Fsp3) is 0.636. The van der Waals surface area contributed by atoms with Gasteiger partial charge in [-0.2, -0.15) is 4.98 Å². The second-order valence-corrected chi connectivity index (χ2v) is 3.64. The van der Waals surface area contributed by atoms with Gasteiger partial charge in [0.15, 0.2) is 0 Å². The third kappa shape index (κ3) is 4.44. The highest BCUT2D eigenvalue weighted by Gasteiger charge is 2.02. The van der Waals surface area contributed by atoms with Crippen molar-refractivity contribution in [1.29, 1.82) is 0 Å². The van der Waals surface area contributed by atoms with E-state index in [0.717, 1.165) is 25.2 Å². The Morgan fingerprint density at radius 3 is 2.88 bits per heavy atom. The predicted octanol–water partition coefficient (Wildman–Crippen LogP) is 1.48. The van der Waals surface area contributed by atoms with Crippen molar-refractivity contribution in [3.63, 3.8) is 0 Å². The van der Waals surface area contributed by atoms with Gasteiger partial charge in [-0.1, -0.05) is 13.8 Å². The monoisotopic (exact) mass is 224 g/mol. The van der Waals surface area contributed by atoms with E-state index in [2.05, 4.69) is 27.5 Å². The molecule has 0 aliphatic heterocycles. The van der Waals surface area contributed by atoms with E-state index in [9.17, 15) is 5.11 Å². The first-order chi connectivity index (χ1) is 7.76. The van der Waals surface area contributed by atoms with Crippen LogP contribution in [0.1, 0.15) is 26.7 Å². The van der Waals surface area contributed by atoms with Gasteiger partial charge in [0, 0.05) is 19.3 Å². The van der Waals surface area contributed by atoms with Crippen LogP contribution in [-0.4, -0.2) is 34.3 Å². The van der Waals surface area contributed by atoms with Gasteiger partial charge < -0.3 is 15.7 Å². The molecule has 0 fully saturated rings. The van der Waals surface area contributed by atoms with Crippen molar-refractivity contribution in [1.82, 2.24) is 9.97 Å². The van der Waals surface area contributed by atoms with Gasteiger partial charge in [-0.3, -0.25) is 0 Å². The molecule has 5 heteroatoms. The third-order valence-corrected chi connectivity index (χ3v) is 2.18. The van der Waals surface area contributed by atoms with Gasteiger partial charge in [0.1, 0.15) is 5.82 Å². The number of aliphatic hydroxyl groups is 1. The van der Waals surface area contributed by atoms with Crippen LogP contribution in [-0.2, 0) is 0 Å². The standard InChI is InChI=1S/C11H20N4O/c1-3-6-12-11-13-7-5-10(15-11)14-8-9(16)4-2/h5,7,9,16H,3-4,6,8H2,1-2H3,(H2,12,13,14,15). The molecule has 0 aliphatic carbocycles. The molecular weight excluding hydrogens is 204 g/mol. The Morgan fingerprint density at radius 1 is 1.38 bits per heavy atom. The summed E-state index contributed by atoms with van der Waals surface area (Å²) in [5, 5.41) is 15.6. The zero-order valence-electron chi connectivity index (χ0n) is 9.90. The van der Waals surface area contributed by atoms with Gasteiger partial charge in [0.05, 0.1) is 6.10 Å². The minimum Gasteiger partial charge on any atom is -0.391 e. The highest BCUT2D eigenvalue weighted by Crippen LogP contribution is 2.05. The summed E-state index contributed by atoms with van der Waals surface area (Å²) in [5.41, 5.74) is 0. The normalized spacial score (nSPS) is 12.2. The molecule has 0 amide bonds. The van der Waals surface area contributed by atoms with E-state index in [1.54, 1.807) is 12.3 Å². The number of anilines is 2. The average molecular weight is 224 g/mol. The van der Waals surface area contributed by atoms with Gasteiger partial charge in [0.2, 0.25) is 5.95 Å². The number of nitrogens with one attached hydrogen (secondary N) is 2. The first kappa shape index (κ1) is 12.7. The Hall–Kier alpha value is -1.36. The Morgan fingerprint density at radius 2 is 2.19 bits per heavy atom. The summed E-state index contributed by atoms with van der Waals surface area (Å²) in [4.78, 5) is 8.37. The van der Waals surface area contributed by atoms with Crippen LogP contribution in [0, 0.1) is 0 Å². The Balaban J connectivity index is 2.46. The SMILES string of the molecule is CCCNc1nccc(NCC(O)CC)n1. The summed E-state index contributed by atoms with van der Waals surface area (Å²) >= 11 is 0. The first-order valence-corrected chi connectivity index (χ1v) is 5.75. The topological polar surface area (TPSA) is 70.1 Å². The molecule has 1 atom stereocenters. The van der Waals surface area contributed by atoms with Crippen LogP contribution < -0.4 is 10.6 Å². The fourth-order valence-electron chi connectivity index (χ4n) is 1.15. The molecule has 1 aromatic heterocycles. The third-order valence-electron chi connectivity index (χ3n) is 2.18. The molecule has 5 nitrogen and oxygen atoms in total. The molecule has 0 bridgehead atoms. The number of aromatic nitrogens is 2. The molecule has 1 rings (SSSR count). The van der Waals surface area contributed by atoms with Crippen molar-refractivity contribution < 1.29 is 5.11 Å². The molecule has 3 N–H and O–H groups in total. The molecule has 1 heterocycles. The molecule has 90 valence electrons. The predicted molar refractivity (Wildman–Crippen MR) is 65.6 cm³/mol. The van der Waals surface area contributed by atoms with Gasteiger partial charge in [0.25, 0.3) is 0 Å². The Kier molecular flexibility index (Phi) is 5.56. The summed E-state index contributed by atoms with van der Waals surface area (Å²) in [6.07, 6.45) is 3.14. The van der Waals surface area contributed by atoms with Crippen molar-refractivity contribution in [2.45, 2.75) is 32.8 Å². The first-order valence-electron chi connectivity index (χ1n) is 5.75. The van der Waals surface area contributed by atoms with E-state index in [0.29, 0.717) is 12.5 Å². The Labute approximate surface area is 96.3 Å². The van der Waals surface area contributed by atoms with Crippen LogP contribution >= 0.6 is 0 Å². The van der Waals surface area contributed by atoms with Crippen molar-refractivity contribution in [2.24, 2.45) is 0 Å². The summed E-state index contributed by atoms with van der Waals surface area (Å²) in [6.45, 7) is 5.41. The second-order valence-electron chi connectivity index (χ2n) is 3.64. The summed E-state index contributed by atoms with van der Waals surface area (Å²) < 4.78 is 0. The van der Waals surface area contributed by atoms with Crippen molar-refractivity contribution in [2.75, 3.05) is 23.7 Å². The van der Waals surface area contributed by atoms with E-state index in [4.69, 9.17) is 0 Å². The van der Waals surface area contributed by atoms with Crippen molar-refractivity contribution in [3.8, 4) is 0 Å². The zero-order valence-corrected chi connectivity index (χ0v) is 9.90. The van der Waals surface area contributed by atoms with Crippen LogP contribution in [0.5, 0.6) is 0 Å². The highest BCUT2D eigenvalue weighted by atomic mass is 16.3. The number of aliphatic hydroxyl groups excluding tert-OH is 1. The largest absolute Gasteiger partial charge is 0.391 e. The number of hydrogen-bond donors (Lipinski definition) is 3. The molecule has 0 saturated carbocycles. The van der Waals surface area contributed by atoms with Crippen molar-refractivity contribution in [3.05, 3.63) is 12.3 Å². The molecule has 0 radical (unpaired) electrons. The lowest BCUT2D eigenvalue weighted by atomic mass is 10.3. The maximum atomic E-state index is 9.41. The average Bonchev–Trinajstić information content (AvgIpc) is 2.34. The molecule has 16 heavy (non-hydrogen) atoms. The molecule has 0 aliphatic rings. The van der Waals surface area contributed by atoms with Crippen LogP contribution in [0.4, 0.5) is 11.8 Å². The number of hydrogen-bond acceptors (Lipinski definition) is 5. The minimum atomic E-state index is -0.331. The molecule has 0 saturated heterocycles. The van der Waals surface area contributed by atoms with Gasteiger partial charge in [-0.25, -0.2) is 4.98 Å². The van der Waals surface area contributed by atoms with Crippen molar-refractivity contribution >= 4 is 11.8 Å². The van der Waals surface area contributed by atoms with Crippen LogP contribution in [0.3, 0.4) is 0 Å². The van der Waals surface area contributed by atoms with E-state index < -0.39 is 0 Å². The number of rotatable bonds is 7. The lowest BCUT2D eigenvalue weighted by Crippen LogP contribution is -2.19. The maximum absolute atomic E-state index is 9.41. The quantitative estimate of drug-likeness (QED) is 0.654.